The number of aromatic nitrogens is 1. The van der Waals surface area contributed by atoms with Crippen LogP contribution >= 0.6 is 0 Å². The van der Waals surface area contributed by atoms with Gasteiger partial charge in [0.1, 0.15) is 11.9 Å². The molecule has 2 aliphatic heterocycles. The zero-order valence-corrected chi connectivity index (χ0v) is 20.0. The van der Waals surface area contributed by atoms with Crippen LogP contribution in [-0.2, 0) is 4.79 Å². The van der Waals surface area contributed by atoms with Crippen molar-refractivity contribution in [3.8, 4) is 17.4 Å². The van der Waals surface area contributed by atoms with Gasteiger partial charge in [0, 0.05) is 24.7 Å². The summed E-state index contributed by atoms with van der Waals surface area (Å²) in [6, 6.07) is 13.8. The summed E-state index contributed by atoms with van der Waals surface area (Å²) in [5.41, 5.74) is 2.27. The number of nitrogens with zero attached hydrogens (tertiary/aromatic N) is 3. The summed E-state index contributed by atoms with van der Waals surface area (Å²) in [6.45, 7) is 0.0732. The number of benzene rings is 2. The van der Waals surface area contributed by atoms with Gasteiger partial charge in [-0.2, -0.15) is 0 Å². The molecule has 184 valence electrons. The number of hydrogen-bond acceptors (Lipinski definition) is 7. The van der Waals surface area contributed by atoms with Crippen LogP contribution in [0.15, 0.2) is 54.7 Å². The number of hydrogen-bond donors (Lipinski definition) is 1. The largest absolute Gasteiger partial charge is 0.493 e. The Hall–Kier alpha value is -4.60. The third-order valence-electron chi connectivity index (χ3n) is 6.30. The van der Waals surface area contributed by atoms with Gasteiger partial charge < -0.3 is 24.4 Å². The molecule has 3 amide bonds. The Morgan fingerprint density at radius 3 is 2.53 bits per heavy atom. The number of carbonyl (C=O) groups excluding carboxylic acids is 3. The number of ether oxygens (including phenoxy) is 3. The number of anilines is 2. The second-order valence-corrected chi connectivity index (χ2v) is 8.19. The second kappa shape index (κ2) is 9.21. The smallest absolute Gasteiger partial charge is 0.264 e. The maximum absolute atomic E-state index is 13.7. The average Bonchev–Trinajstić information content (AvgIpc) is 3.20. The number of pyridine rings is 1. The van der Waals surface area contributed by atoms with E-state index < -0.39 is 6.17 Å². The zero-order chi connectivity index (χ0) is 25.4. The fourth-order valence-corrected chi connectivity index (χ4v) is 4.73. The summed E-state index contributed by atoms with van der Waals surface area (Å²) >= 11 is 0. The molecule has 0 saturated heterocycles. The number of carbonyl (C=O) groups is 3. The second-order valence-electron chi connectivity index (χ2n) is 8.19. The lowest BCUT2D eigenvalue weighted by Gasteiger charge is -2.40. The van der Waals surface area contributed by atoms with Crippen molar-refractivity contribution >= 4 is 29.1 Å². The molecule has 0 radical (unpaired) electrons. The molecule has 36 heavy (non-hydrogen) atoms. The van der Waals surface area contributed by atoms with E-state index in [1.807, 2.05) is 0 Å². The standard InChI is InChI=1S/C26H24N4O6/c1-34-19-11-10-16-21(22(19)35-2)26(33)30-18-9-5-4-7-15(18)25(32)29(24(16)30)14-12-20(31)28-17-8-6-13-27-23(17)36-3/h4-11,13,24H,12,14H2,1-3H3,(H,28,31)/t24-/m1/s1. The van der Waals surface area contributed by atoms with Gasteiger partial charge in [0.2, 0.25) is 11.8 Å². The summed E-state index contributed by atoms with van der Waals surface area (Å²) < 4.78 is 16.1. The molecule has 3 aromatic rings. The molecule has 10 nitrogen and oxygen atoms in total. The van der Waals surface area contributed by atoms with E-state index in [1.165, 1.54) is 26.2 Å². The summed E-state index contributed by atoms with van der Waals surface area (Å²) in [6.07, 6.45) is 0.827. The Labute approximate surface area is 207 Å². The van der Waals surface area contributed by atoms with Gasteiger partial charge >= 0.3 is 0 Å². The Morgan fingerprint density at radius 2 is 1.78 bits per heavy atom. The molecule has 1 N–H and O–H groups in total. The van der Waals surface area contributed by atoms with E-state index in [0.717, 1.165) is 0 Å². The molecule has 5 rings (SSSR count). The molecule has 2 aromatic carbocycles. The average molecular weight is 489 g/mol. The van der Waals surface area contributed by atoms with E-state index in [2.05, 4.69) is 10.3 Å². The summed E-state index contributed by atoms with van der Waals surface area (Å²) in [5.74, 6) is 0.114. The topological polar surface area (TPSA) is 110 Å². The number of nitrogens with one attached hydrogen (secondary N) is 1. The first-order chi connectivity index (χ1) is 17.5. The molecule has 0 fully saturated rings. The molecule has 0 bridgehead atoms. The van der Waals surface area contributed by atoms with Crippen molar-refractivity contribution in [2.24, 2.45) is 0 Å². The van der Waals surface area contributed by atoms with Crippen LogP contribution in [0.2, 0.25) is 0 Å². The SMILES string of the molecule is COc1ccc2c(c1OC)C(=O)N1c3ccccc3C(=O)N(CCC(=O)Nc3cccnc3OC)[C@@H]21. The monoisotopic (exact) mass is 488 g/mol. The van der Waals surface area contributed by atoms with Gasteiger partial charge in [-0.1, -0.05) is 18.2 Å². The van der Waals surface area contributed by atoms with Gasteiger partial charge in [-0.15, -0.1) is 0 Å². The van der Waals surface area contributed by atoms with Crippen LogP contribution in [0.3, 0.4) is 0 Å². The molecular weight excluding hydrogens is 464 g/mol. The van der Waals surface area contributed by atoms with Crippen molar-refractivity contribution in [1.29, 1.82) is 0 Å². The van der Waals surface area contributed by atoms with Crippen molar-refractivity contribution in [2.45, 2.75) is 12.6 Å². The van der Waals surface area contributed by atoms with E-state index in [0.29, 0.717) is 39.6 Å². The van der Waals surface area contributed by atoms with Gasteiger partial charge in [0.25, 0.3) is 11.8 Å². The Bertz CT molecular complexity index is 1370. The van der Waals surface area contributed by atoms with Crippen LogP contribution < -0.4 is 24.4 Å². The first-order valence-electron chi connectivity index (χ1n) is 11.3. The molecule has 0 unspecified atom stereocenters. The highest BCUT2D eigenvalue weighted by Crippen LogP contribution is 2.49. The number of fused-ring (bicyclic) bond motifs is 5. The molecule has 3 heterocycles. The summed E-state index contributed by atoms with van der Waals surface area (Å²) in [7, 11) is 4.43. The molecule has 10 heteroatoms. The van der Waals surface area contributed by atoms with E-state index in [4.69, 9.17) is 14.2 Å². The van der Waals surface area contributed by atoms with Crippen molar-refractivity contribution in [1.82, 2.24) is 9.88 Å². The quantitative estimate of drug-likeness (QED) is 0.544. The van der Waals surface area contributed by atoms with Crippen LogP contribution in [0.4, 0.5) is 11.4 Å². The molecule has 1 aromatic heterocycles. The maximum atomic E-state index is 13.7. The Kier molecular flexibility index (Phi) is 5.93. The van der Waals surface area contributed by atoms with Crippen molar-refractivity contribution in [2.75, 3.05) is 38.1 Å². The predicted octanol–water partition coefficient (Wildman–Crippen LogP) is 3.25. The molecule has 0 saturated carbocycles. The maximum Gasteiger partial charge on any atom is 0.264 e. The molecule has 2 aliphatic rings. The lowest BCUT2D eigenvalue weighted by Crippen LogP contribution is -2.49. The summed E-state index contributed by atoms with van der Waals surface area (Å²) in [4.78, 5) is 47.3. The highest BCUT2D eigenvalue weighted by molar-refractivity contribution is 6.18. The van der Waals surface area contributed by atoms with E-state index >= 15 is 0 Å². The molecule has 1 atom stereocenters. The van der Waals surface area contributed by atoms with Crippen LogP contribution in [0.1, 0.15) is 38.9 Å². The van der Waals surface area contributed by atoms with Crippen molar-refractivity contribution < 1.29 is 28.6 Å². The van der Waals surface area contributed by atoms with Gasteiger partial charge in [-0.3, -0.25) is 19.3 Å². The first kappa shape index (κ1) is 23.2. The van der Waals surface area contributed by atoms with Gasteiger partial charge in [0.05, 0.1) is 38.1 Å². The minimum Gasteiger partial charge on any atom is -0.493 e. The third-order valence-corrected chi connectivity index (χ3v) is 6.30. The van der Waals surface area contributed by atoms with Gasteiger partial charge in [0.15, 0.2) is 11.5 Å². The van der Waals surface area contributed by atoms with E-state index in [-0.39, 0.29) is 36.6 Å². The fraction of sp³-hybridized carbons (Fsp3) is 0.231. The minimum atomic E-state index is -0.726. The highest BCUT2D eigenvalue weighted by Gasteiger charge is 2.49. The normalized spacial score (nSPS) is 15.7. The van der Waals surface area contributed by atoms with Crippen LogP contribution in [0.5, 0.6) is 17.4 Å². The number of para-hydroxylation sites is 1. The van der Waals surface area contributed by atoms with E-state index in [9.17, 15) is 14.4 Å². The van der Waals surface area contributed by atoms with Crippen molar-refractivity contribution in [3.05, 3.63) is 71.4 Å². The molecule has 0 spiro atoms. The third kappa shape index (κ3) is 3.58. The lowest BCUT2D eigenvalue weighted by molar-refractivity contribution is -0.116. The van der Waals surface area contributed by atoms with Gasteiger partial charge in [-0.25, -0.2) is 4.98 Å². The first-order valence-corrected chi connectivity index (χ1v) is 11.3. The van der Waals surface area contributed by atoms with Crippen LogP contribution in [-0.4, -0.2) is 55.5 Å². The minimum absolute atomic E-state index is 0.00684. The summed E-state index contributed by atoms with van der Waals surface area (Å²) in [5, 5.41) is 2.77. The molecule has 0 aliphatic carbocycles. The number of amides is 3. The van der Waals surface area contributed by atoms with Gasteiger partial charge in [-0.05, 0) is 30.3 Å². The lowest BCUT2D eigenvalue weighted by atomic mass is 10.0. The zero-order valence-electron chi connectivity index (χ0n) is 20.0. The Morgan fingerprint density at radius 1 is 0.972 bits per heavy atom. The van der Waals surface area contributed by atoms with E-state index in [1.54, 1.807) is 59.6 Å². The van der Waals surface area contributed by atoms with Crippen LogP contribution in [0, 0.1) is 0 Å². The Balaban J connectivity index is 1.50. The number of rotatable bonds is 7. The fourth-order valence-electron chi connectivity index (χ4n) is 4.73. The predicted molar refractivity (Wildman–Crippen MR) is 131 cm³/mol. The highest BCUT2D eigenvalue weighted by atomic mass is 16.5. The van der Waals surface area contributed by atoms with Crippen LogP contribution in [0.25, 0.3) is 0 Å². The number of methoxy groups -OCH3 is 3. The molecular formula is C26H24N4O6. The van der Waals surface area contributed by atoms with Crippen molar-refractivity contribution in [3.63, 3.8) is 0 Å².